The van der Waals surface area contributed by atoms with Crippen LogP contribution in [0, 0.1) is 0 Å². The van der Waals surface area contributed by atoms with E-state index in [1.54, 1.807) is 13.0 Å². The van der Waals surface area contributed by atoms with Crippen LogP contribution in [0.4, 0.5) is 0 Å². The lowest BCUT2D eigenvalue weighted by Crippen LogP contribution is -2.46. The molecule has 0 bridgehead atoms. The second-order valence-corrected chi connectivity index (χ2v) is 8.29. The van der Waals surface area contributed by atoms with Gasteiger partial charge in [0.15, 0.2) is 9.84 Å². The van der Waals surface area contributed by atoms with Crippen LogP contribution < -0.4 is 5.32 Å². The molecule has 1 aliphatic heterocycles. The van der Waals surface area contributed by atoms with Gasteiger partial charge in [-0.05, 0) is 31.1 Å². The van der Waals surface area contributed by atoms with Gasteiger partial charge in [-0.3, -0.25) is 4.79 Å². The Morgan fingerprint density at radius 1 is 1.40 bits per heavy atom. The molecule has 1 amide bonds. The van der Waals surface area contributed by atoms with Crippen LogP contribution in [0.15, 0.2) is 34.8 Å². The number of sulfone groups is 1. The van der Waals surface area contributed by atoms with Crippen molar-refractivity contribution in [2.45, 2.75) is 18.9 Å². The quantitative estimate of drug-likeness (QED) is 0.843. The molecule has 6 heteroatoms. The number of halogens is 1. The number of nitrogens with one attached hydrogen (secondary N) is 1. The number of carbonyl (C=O) groups excluding carboxylic acids is 1. The summed E-state index contributed by atoms with van der Waals surface area (Å²) in [6.07, 6.45) is 3.59. The summed E-state index contributed by atoms with van der Waals surface area (Å²) in [5, 5.41) is 2.78. The predicted molar refractivity (Wildman–Crippen MR) is 83.0 cm³/mol. The van der Waals surface area contributed by atoms with Crippen molar-refractivity contribution >= 4 is 37.8 Å². The molecule has 1 saturated heterocycles. The molecule has 0 aliphatic carbocycles. The Morgan fingerprint density at radius 3 is 2.70 bits per heavy atom. The van der Waals surface area contributed by atoms with E-state index in [4.69, 9.17) is 0 Å². The summed E-state index contributed by atoms with van der Waals surface area (Å²) in [6, 6.07) is 7.55. The molecular weight excluding hydrogens is 342 g/mol. The highest BCUT2D eigenvalue weighted by atomic mass is 79.9. The van der Waals surface area contributed by atoms with Crippen LogP contribution in [0.1, 0.15) is 18.9 Å². The first-order valence-electron chi connectivity index (χ1n) is 6.25. The van der Waals surface area contributed by atoms with Crippen molar-refractivity contribution in [3.8, 4) is 0 Å². The molecule has 108 valence electrons. The molecule has 0 aromatic heterocycles. The first kappa shape index (κ1) is 15.3. The van der Waals surface area contributed by atoms with E-state index in [-0.39, 0.29) is 17.4 Å². The van der Waals surface area contributed by atoms with E-state index in [1.165, 1.54) is 6.08 Å². The zero-order valence-electron chi connectivity index (χ0n) is 11.1. The number of amides is 1. The summed E-state index contributed by atoms with van der Waals surface area (Å²) >= 11 is 3.40. The minimum absolute atomic E-state index is 0.00854. The van der Waals surface area contributed by atoms with Gasteiger partial charge in [-0.2, -0.15) is 0 Å². The van der Waals surface area contributed by atoms with E-state index in [2.05, 4.69) is 21.2 Å². The third-order valence-corrected chi connectivity index (χ3v) is 5.87. The fourth-order valence-electron chi connectivity index (χ4n) is 2.22. The molecule has 2 rings (SSSR count). The summed E-state index contributed by atoms with van der Waals surface area (Å²) < 4.78 is 23.9. The van der Waals surface area contributed by atoms with Crippen molar-refractivity contribution in [2.24, 2.45) is 0 Å². The summed E-state index contributed by atoms with van der Waals surface area (Å²) in [6.45, 7) is 1.77. The van der Waals surface area contributed by atoms with Crippen molar-refractivity contribution in [3.05, 3.63) is 40.4 Å². The molecule has 1 N–H and O–H groups in total. The van der Waals surface area contributed by atoms with E-state index in [0.717, 1.165) is 10.0 Å². The van der Waals surface area contributed by atoms with Gasteiger partial charge in [-0.15, -0.1) is 0 Å². The Hall–Kier alpha value is -1.14. The SMILES string of the molecule is CC1(NC(=O)C=Cc2ccccc2Br)CCS(=O)(=O)C1. The third-order valence-electron chi connectivity index (χ3n) is 3.25. The maximum Gasteiger partial charge on any atom is 0.244 e. The minimum atomic E-state index is -3.02. The number of rotatable bonds is 3. The van der Waals surface area contributed by atoms with Crippen molar-refractivity contribution in [2.75, 3.05) is 11.5 Å². The van der Waals surface area contributed by atoms with Gasteiger partial charge in [0.05, 0.1) is 17.0 Å². The van der Waals surface area contributed by atoms with Gasteiger partial charge < -0.3 is 5.32 Å². The van der Waals surface area contributed by atoms with Crippen LogP contribution in [0.5, 0.6) is 0 Å². The van der Waals surface area contributed by atoms with E-state index >= 15 is 0 Å². The van der Waals surface area contributed by atoms with E-state index in [9.17, 15) is 13.2 Å². The van der Waals surface area contributed by atoms with Gasteiger partial charge in [0, 0.05) is 10.5 Å². The number of hydrogen-bond donors (Lipinski definition) is 1. The van der Waals surface area contributed by atoms with Crippen LogP contribution in [0.2, 0.25) is 0 Å². The fourth-order valence-corrected chi connectivity index (χ4v) is 4.73. The second-order valence-electron chi connectivity index (χ2n) is 5.25. The molecule has 20 heavy (non-hydrogen) atoms. The Balaban J connectivity index is 2.02. The monoisotopic (exact) mass is 357 g/mol. The van der Waals surface area contributed by atoms with Gasteiger partial charge in [-0.1, -0.05) is 34.1 Å². The van der Waals surface area contributed by atoms with Crippen LogP contribution >= 0.6 is 15.9 Å². The van der Waals surface area contributed by atoms with E-state index < -0.39 is 15.4 Å². The molecule has 4 nitrogen and oxygen atoms in total. The topological polar surface area (TPSA) is 63.2 Å². The normalized spacial score (nSPS) is 24.9. The molecule has 0 spiro atoms. The average Bonchev–Trinajstić information content (AvgIpc) is 2.62. The summed E-state index contributed by atoms with van der Waals surface area (Å²) in [4.78, 5) is 11.9. The summed E-state index contributed by atoms with van der Waals surface area (Å²) in [5.74, 6) is -0.132. The lowest BCUT2D eigenvalue weighted by atomic mass is 10.0. The van der Waals surface area contributed by atoms with Crippen LogP contribution in [-0.4, -0.2) is 31.4 Å². The van der Waals surface area contributed by atoms with Crippen molar-refractivity contribution in [1.29, 1.82) is 0 Å². The molecule has 1 aromatic carbocycles. The highest BCUT2D eigenvalue weighted by Crippen LogP contribution is 2.23. The first-order chi connectivity index (χ1) is 9.30. The lowest BCUT2D eigenvalue weighted by Gasteiger charge is -2.22. The zero-order valence-corrected chi connectivity index (χ0v) is 13.5. The average molecular weight is 358 g/mol. The molecule has 1 aromatic rings. The molecule has 1 fully saturated rings. The highest BCUT2D eigenvalue weighted by molar-refractivity contribution is 9.10. The predicted octanol–water partition coefficient (Wildman–Crippen LogP) is 2.16. The minimum Gasteiger partial charge on any atom is -0.346 e. The fraction of sp³-hybridized carbons (Fsp3) is 0.357. The third kappa shape index (κ3) is 3.93. The molecule has 1 heterocycles. The van der Waals surface area contributed by atoms with Crippen LogP contribution in [0.3, 0.4) is 0 Å². The van der Waals surface area contributed by atoms with Gasteiger partial charge in [0.1, 0.15) is 0 Å². The Labute approximate surface area is 127 Å². The highest BCUT2D eigenvalue weighted by Gasteiger charge is 2.38. The van der Waals surface area contributed by atoms with Crippen molar-refractivity contribution in [3.63, 3.8) is 0 Å². The van der Waals surface area contributed by atoms with E-state index in [1.807, 2.05) is 24.3 Å². The molecule has 1 aliphatic rings. The van der Waals surface area contributed by atoms with Gasteiger partial charge >= 0.3 is 0 Å². The van der Waals surface area contributed by atoms with Crippen molar-refractivity contribution in [1.82, 2.24) is 5.32 Å². The van der Waals surface area contributed by atoms with E-state index in [0.29, 0.717) is 6.42 Å². The second kappa shape index (κ2) is 5.69. The maximum absolute atomic E-state index is 11.9. The number of benzene rings is 1. The molecular formula is C14H16BrNO3S. The zero-order chi connectivity index (χ0) is 14.8. The standard InChI is InChI=1S/C14H16BrNO3S/c1-14(8-9-20(18,19)10-14)16-13(17)7-6-11-4-2-3-5-12(11)15/h2-7H,8-10H2,1H3,(H,16,17). The molecule has 1 atom stereocenters. The Morgan fingerprint density at radius 2 is 2.10 bits per heavy atom. The largest absolute Gasteiger partial charge is 0.346 e. The van der Waals surface area contributed by atoms with Gasteiger partial charge in [0.25, 0.3) is 0 Å². The Bertz CT molecular complexity index is 654. The first-order valence-corrected chi connectivity index (χ1v) is 8.86. The van der Waals surface area contributed by atoms with Gasteiger partial charge in [-0.25, -0.2) is 8.42 Å². The Kier molecular flexibility index (Phi) is 4.34. The smallest absolute Gasteiger partial charge is 0.244 e. The maximum atomic E-state index is 11.9. The lowest BCUT2D eigenvalue weighted by molar-refractivity contribution is -0.117. The van der Waals surface area contributed by atoms with Crippen molar-refractivity contribution < 1.29 is 13.2 Å². The summed E-state index contributed by atoms with van der Waals surface area (Å²) in [7, 11) is -3.02. The molecule has 0 saturated carbocycles. The number of hydrogen-bond acceptors (Lipinski definition) is 3. The van der Waals surface area contributed by atoms with Crippen LogP contribution in [-0.2, 0) is 14.6 Å². The number of carbonyl (C=O) groups is 1. The summed E-state index contributed by atoms with van der Waals surface area (Å²) in [5.41, 5.74) is 0.237. The molecule has 0 radical (unpaired) electrons. The van der Waals surface area contributed by atoms with Crippen LogP contribution in [0.25, 0.3) is 6.08 Å². The molecule has 1 unspecified atom stereocenters. The van der Waals surface area contributed by atoms with Gasteiger partial charge in [0.2, 0.25) is 5.91 Å².